The molecule has 0 spiro atoms. The van der Waals surface area contributed by atoms with Crippen molar-refractivity contribution in [2.75, 3.05) is 6.54 Å². The van der Waals surface area contributed by atoms with Crippen LogP contribution in [0, 0.1) is 5.82 Å². The highest BCUT2D eigenvalue weighted by Gasteiger charge is 2.27. The lowest BCUT2D eigenvalue weighted by molar-refractivity contribution is -0.121. The van der Waals surface area contributed by atoms with Crippen LogP contribution in [0.15, 0.2) is 29.1 Å². The molecule has 0 saturated carbocycles. The third-order valence-corrected chi connectivity index (χ3v) is 4.76. The van der Waals surface area contributed by atoms with Crippen LogP contribution in [-0.2, 0) is 23.3 Å². The van der Waals surface area contributed by atoms with Gasteiger partial charge in [0, 0.05) is 31.5 Å². The number of benzene rings is 1. The molecule has 0 saturated heterocycles. The SMILES string of the molecule is CCCC(=O)NCCCn1c(C(C)(C)C)nc(C(=O)NCc2ccc(F)cc2)c(O)c1=O. The number of amides is 2. The molecule has 0 aliphatic carbocycles. The van der Waals surface area contributed by atoms with Crippen LogP contribution in [0.25, 0.3) is 0 Å². The molecule has 2 rings (SSSR count). The molecule has 0 aliphatic rings. The number of aromatic hydroxyl groups is 1. The summed E-state index contributed by atoms with van der Waals surface area (Å²) in [5.41, 5.74) is -0.982. The summed E-state index contributed by atoms with van der Waals surface area (Å²) >= 11 is 0. The van der Waals surface area contributed by atoms with Gasteiger partial charge in [0.1, 0.15) is 11.6 Å². The highest BCUT2D eigenvalue weighted by molar-refractivity contribution is 5.94. The normalized spacial score (nSPS) is 11.3. The number of aromatic nitrogens is 2. The van der Waals surface area contributed by atoms with E-state index >= 15 is 0 Å². The van der Waals surface area contributed by atoms with Gasteiger partial charge >= 0.3 is 0 Å². The number of carbonyl (C=O) groups is 2. The van der Waals surface area contributed by atoms with E-state index in [0.717, 1.165) is 6.42 Å². The van der Waals surface area contributed by atoms with Gasteiger partial charge in [-0.05, 0) is 30.5 Å². The van der Waals surface area contributed by atoms with Crippen molar-refractivity contribution in [1.82, 2.24) is 20.2 Å². The maximum Gasteiger partial charge on any atom is 0.296 e. The molecule has 2 aromatic rings. The molecule has 0 fully saturated rings. The standard InChI is InChI=1S/C23H31FN4O4/c1-5-7-17(29)25-12-6-13-28-21(32)19(30)18(27-22(28)23(2,3)4)20(31)26-14-15-8-10-16(24)11-9-15/h8-11,30H,5-7,12-14H2,1-4H3,(H,25,29)(H,26,31). The maximum atomic E-state index is 13.0. The van der Waals surface area contributed by atoms with E-state index in [1.165, 1.54) is 28.8 Å². The van der Waals surface area contributed by atoms with Gasteiger partial charge in [0.05, 0.1) is 0 Å². The van der Waals surface area contributed by atoms with E-state index < -0.39 is 22.6 Å². The molecule has 0 unspecified atom stereocenters. The minimum absolute atomic E-state index is 0.0509. The van der Waals surface area contributed by atoms with Crippen LogP contribution < -0.4 is 16.2 Å². The van der Waals surface area contributed by atoms with Crippen LogP contribution in [0.3, 0.4) is 0 Å². The largest absolute Gasteiger partial charge is 0.501 e. The van der Waals surface area contributed by atoms with Gasteiger partial charge in [-0.15, -0.1) is 0 Å². The van der Waals surface area contributed by atoms with Crippen molar-refractivity contribution in [3.05, 3.63) is 57.5 Å². The molecule has 1 heterocycles. The van der Waals surface area contributed by atoms with Crippen molar-refractivity contribution < 1.29 is 19.1 Å². The molecular formula is C23H31FN4O4. The number of nitrogens with one attached hydrogen (secondary N) is 2. The number of hydrogen-bond acceptors (Lipinski definition) is 5. The number of hydrogen-bond donors (Lipinski definition) is 3. The Morgan fingerprint density at radius 1 is 1.16 bits per heavy atom. The number of halogens is 1. The Labute approximate surface area is 186 Å². The van der Waals surface area contributed by atoms with E-state index in [2.05, 4.69) is 15.6 Å². The van der Waals surface area contributed by atoms with Crippen molar-refractivity contribution in [2.45, 2.75) is 65.5 Å². The third-order valence-electron chi connectivity index (χ3n) is 4.76. The summed E-state index contributed by atoms with van der Waals surface area (Å²) in [6.07, 6.45) is 1.66. The maximum absolute atomic E-state index is 13.0. The summed E-state index contributed by atoms with van der Waals surface area (Å²) in [5, 5.41) is 15.8. The van der Waals surface area contributed by atoms with Gasteiger partial charge < -0.3 is 15.7 Å². The van der Waals surface area contributed by atoms with Gasteiger partial charge in [-0.1, -0.05) is 39.8 Å². The summed E-state index contributed by atoms with van der Waals surface area (Å²) in [5.74, 6) is -1.52. The van der Waals surface area contributed by atoms with Crippen LogP contribution in [0.1, 0.15) is 68.8 Å². The highest BCUT2D eigenvalue weighted by Crippen LogP contribution is 2.22. The van der Waals surface area contributed by atoms with E-state index in [1.54, 1.807) is 0 Å². The van der Waals surface area contributed by atoms with Crippen LogP contribution in [0.5, 0.6) is 5.75 Å². The summed E-state index contributed by atoms with van der Waals surface area (Å²) < 4.78 is 14.4. The Bertz CT molecular complexity index is 1010. The molecule has 9 heteroatoms. The molecule has 174 valence electrons. The summed E-state index contributed by atoms with van der Waals surface area (Å²) in [6, 6.07) is 5.61. The fourth-order valence-corrected chi connectivity index (χ4v) is 3.13. The van der Waals surface area contributed by atoms with E-state index in [0.29, 0.717) is 30.8 Å². The average molecular weight is 447 g/mol. The van der Waals surface area contributed by atoms with Gasteiger partial charge in [-0.3, -0.25) is 19.0 Å². The minimum atomic E-state index is -0.732. The third kappa shape index (κ3) is 6.63. The molecular weight excluding hydrogens is 415 g/mol. The quantitative estimate of drug-likeness (QED) is 0.513. The van der Waals surface area contributed by atoms with Crippen LogP contribution in [-0.4, -0.2) is 33.0 Å². The Morgan fingerprint density at radius 3 is 2.41 bits per heavy atom. The lowest BCUT2D eigenvalue weighted by Crippen LogP contribution is -2.36. The predicted octanol–water partition coefficient (Wildman–Crippen LogP) is 2.62. The van der Waals surface area contributed by atoms with E-state index in [1.807, 2.05) is 27.7 Å². The Balaban J connectivity index is 2.21. The first-order valence-electron chi connectivity index (χ1n) is 10.7. The second-order valence-corrected chi connectivity index (χ2v) is 8.60. The lowest BCUT2D eigenvalue weighted by atomic mass is 9.95. The predicted molar refractivity (Wildman–Crippen MR) is 119 cm³/mol. The van der Waals surface area contributed by atoms with Gasteiger partial charge in [0.2, 0.25) is 11.7 Å². The first kappa shape index (κ1) is 25.0. The van der Waals surface area contributed by atoms with Gasteiger partial charge in [-0.25, -0.2) is 9.37 Å². The molecule has 3 N–H and O–H groups in total. The Hall–Kier alpha value is -3.23. The Kier molecular flexibility index (Phi) is 8.51. The molecule has 0 radical (unpaired) electrons. The van der Waals surface area contributed by atoms with Crippen molar-refractivity contribution in [2.24, 2.45) is 0 Å². The first-order chi connectivity index (χ1) is 15.0. The number of nitrogens with zero attached hydrogens (tertiary/aromatic N) is 2. The minimum Gasteiger partial charge on any atom is -0.501 e. The van der Waals surface area contributed by atoms with Crippen LogP contribution >= 0.6 is 0 Å². The molecule has 0 atom stereocenters. The molecule has 8 nitrogen and oxygen atoms in total. The van der Waals surface area contributed by atoms with E-state index in [9.17, 15) is 23.9 Å². The van der Waals surface area contributed by atoms with E-state index in [-0.39, 0.29) is 30.5 Å². The molecule has 32 heavy (non-hydrogen) atoms. The van der Waals surface area contributed by atoms with Gasteiger partial charge in [0.15, 0.2) is 5.69 Å². The summed E-state index contributed by atoms with van der Waals surface area (Å²) in [4.78, 5) is 41.4. The van der Waals surface area contributed by atoms with Crippen LogP contribution in [0.2, 0.25) is 0 Å². The zero-order valence-electron chi connectivity index (χ0n) is 19.0. The van der Waals surface area contributed by atoms with Crippen molar-refractivity contribution in [3.63, 3.8) is 0 Å². The molecule has 0 aliphatic heterocycles. The van der Waals surface area contributed by atoms with E-state index in [4.69, 9.17) is 0 Å². The summed E-state index contributed by atoms with van der Waals surface area (Å²) in [6.45, 7) is 8.18. The van der Waals surface area contributed by atoms with Crippen LogP contribution in [0.4, 0.5) is 4.39 Å². The summed E-state index contributed by atoms with van der Waals surface area (Å²) in [7, 11) is 0. The number of carbonyl (C=O) groups excluding carboxylic acids is 2. The zero-order valence-corrected chi connectivity index (χ0v) is 19.0. The molecule has 1 aromatic carbocycles. The average Bonchev–Trinajstić information content (AvgIpc) is 2.72. The first-order valence-corrected chi connectivity index (χ1v) is 10.7. The second-order valence-electron chi connectivity index (χ2n) is 8.60. The fourth-order valence-electron chi connectivity index (χ4n) is 3.13. The molecule has 0 bridgehead atoms. The second kappa shape index (κ2) is 10.9. The molecule has 2 amide bonds. The molecule has 1 aromatic heterocycles. The fraction of sp³-hybridized carbons (Fsp3) is 0.478. The highest BCUT2D eigenvalue weighted by atomic mass is 19.1. The Morgan fingerprint density at radius 2 is 1.81 bits per heavy atom. The zero-order chi connectivity index (χ0) is 23.9. The van der Waals surface area contributed by atoms with Crippen molar-refractivity contribution in [3.8, 4) is 5.75 Å². The van der Waals surface area contributed by atoms with Crippen molar-refractivity contribution >= 4 is 11.8 Å². The topological polar surface area (TPSA) is 113 Å². The van der Waals surface area contributed by atoms with Gasteiger partial charge in [0.25, 0.3) is 11.5 Å². The van der Waals surface area contributed by atoms with Gasteiger partial charge in [-0.2, -0.15) is 0 Å². The smallest absolute Gasteiger partial charge is 0.296 e. The monoisotopic (exact) mass is 446 g/mol. The lowest BCUT2D eigenvalue weighted by Gasteiger charge is -2.24. The number of rotatable bonds is 9. The van der Waals surface area contributed by atoms with Crippen molar-refractivity contribution in [1.29, 1.82) is 0 Å².